The fourth-order valence-electron chi connectivity index (χ4n) is 0.498. The van der Waals surface area contributed by atoms with Crippen molar-refractivity contribution in [2.75, 3.05) is 13.2 Å². The summed E-state index contributed by atoms with van der Waals surface area (Å²) in [5.41, 5.74) is 1.34. The van der Waals surface area contributed by atoms with E-state index in [0.29, 0.717) is 11.1 Å². The van der Waals surface area contributed by atoms with Crippen molar-refractivity contribution in [3.8, 4) is 0 Å². The number of hydrogen-bond donors (Lipinski definition) is 0. The van der Waals surface area contributed by atoms with Gasteiger partial charge in [-0.15, -0.1) is 0 Å². The van der Waals surface area contributed by atoms with Crippen molar-refractivity contribution in [1.82, 2.24) is 0 Å². The molecule has 80 valence electrons. The highest BCUT2D eigenvalue weighted by Gasteiger charge is 2.23. The van der Waals surface area contributed by atoms with Crippen molar-refractivity contribution in [2.24, 2.45) is 0 Å². The van der Waals surface area contributed by atoms with E-state index in [-0.39, 0.29) is 19.2 Å². The van der Waals surface area contributed by atoms with Gasteiger partial charge in [-0.1, -0.05) is 24.3 Å². The van der Waals surface area contributed by atoms with E-state index in [1.807, 2.05) is 0 Å². The summed E-state index contributed by atoms with van der Waals surface area (Å²) >= 11 is 0. The summed E-state index contributed by atoms with van der Waals surface area (Å²) in [6.07, 6.45) is 0. The molecule has 0 atom stereocenters. The second-order valence-electron chi connectivity index (χ2n) is 3.11. The van der Waals surface area contributed by atoms with Gasteiger partial charge in [-0.2, -0.15) is 0 Å². The number of carbonyl (C=O) groups excluding carboxylic acids is 1. The lowest BCUT2D eigenvalue weighted by Crippen LogP contribution is -2.00. The van der Waals surface area contributed by atoms with Gasteiger partial charge in [-0.05, 0) is 13.8 Å². The predicted octanol–water partition coefficient (Wildman–Crippen LogP) is 2.56. The van der Waals surface area contributed by atoms with E-state index >= 15 is 0 Å². The molecule has 0 aliphatic carbocycles. The topological polar surface area (TPSA) is 52.6 Å². The molecular formula is C9H15O4P. The molecular weight excluding hydrogens is 203 g/mol. The van der Waals surface area contributed by atoms with Gasteiger partial charge in [0.25, 0.3) is 0 Å². The lowest BCUT2D eigenvalue weighted by atomic mass is 10.4. The molecule has 0 aromatic rings. The Kier molecular flexibility index (Phi) is 5.62. The minimum absolute atomic E-state index is 0.0478. The van der Waals surface area contributed by atoms with Crippen LogP contribution in [-0.4, -0.2) is 19.2 Å². The van der Waals surface area contributed by atoms with Gasteiger partial charge in [0.15, 0.2) is 0 Å². The van der Waals surface area contributed by atoms with Gasteiger partial charge in [0.1, 0.15) is 0 Å². The zero-order chi connectivity index (χ0) is 11.2. The van der Waals surface area contributed by atoms with Gasteiger partial charge >= 0.3 is 7.60 Å². The first kappa shape index (κ1) is 13.3. The SMILES string of the molecule is C=C(C)COP(=O)(C=O)OCC(=C)C. The normalized spacial score (nSPS) is 11.0. The van der Waals surface area contributed by atoms with E-state index in [4.69, 9.17) is 9.05 Å². The Morgan fingerprint density at radius 2 is 1.57 bits per heavy atom. The Morgan fingerprint density at radius 1 is 1.21 bits per heavy atom. The van der Waals surface area contributed by atoms with Crippen LogP contribution in [0.5, 0.6) is 0 Å². The average molecular weight is 218 g/mol. The predicted molar refractivity (Wildman–Crippen MR) is 55.9 cm³/mol. The molecule has 0 aromatic carbocycles. The first-order chi connectivity index (χ1) is 6.39. The molecule has 14 heavy (non-hydrogen) atoms. The minimum atomic E-state index is -3.61. The highest BCUT2D eigenvalue weighted by molar-refractivity contribution is 7.69. The summed E-state index contributed by atoms with van der Waals surface area (Å²) < 4.78 is 21.1. The first-order valence-electron chi connectivity index (χ1n) is 4.03. The van der Waals surface area contributed by atoms with Crippen LogP contribution in [0.25, 0.3) is 0 Å². The quantitative estimate of drug-likeness (QED) is 0.374. The summed E-state index contributed by atoms with van der Waals surface area (Å²) in [6, 6.07) is 0.193. The summed E-state index contributed by atoms with van der Waals surface area (Å²) in [5, 5.41) is 0. The number of rotatable bonds is 7. The smallest absolute Gasteiger partial charge is 0.299 e. The summed E-state index contributed by atoms with van der Waals surface area (Å²) in [7, 11) is -3.61. The first-order valence-corrected chi connectivity index (χ1v) is 5.65. The Hall–Kier alpha value is -0.700. The largest absolute Gasteiger partial charge is 0.394 e. The van der Waals surface area contributed by atoms with Crippen molar-refractivity contribution in [2.45, 2.75) is 13.8 Å². The van der Waals surface area contributed by atoms with Gasteiger partial charge in [0.2, 0.25) is 6.03 Å². The Balaban J connectivity index is 4.18. The molecule has 0 spiro atoms. The fraction of sp³-hybridized carbons (Fsp3) is 0.444. The lowest BCUT2D eigenvalue weighted by Gasteiger charge is -2.12. The number of hydrogen-bond acceptors (Lipinski definition) is 4. The molecule has 5 heteroatoms. The standard InChI is InChI=1S/C9H15O4P/c1-8(2)5-12-14(11,7-10)13-6-9(3)4/h7H,1,3,5-6H2,2,4H3. The fourth-order valence-corrected chi connectivity index (χ4v) is 1.50. The van der Waals surface area contributed by atoms with Crippen LogP contribution in [0, 0.1) is 0 Å². The van der Waals surface area contributed by atoms with Gasteiger partial charge in [-0.25, -0.2) is 0 Å². The van der Waals surface area contributed by atoms with E-state index in [9.17, 15) is 9.36 Å². The Labute approximate surface area is 84.1 Å². The van der Waals surface area contributed by atoms with Crippen LogP contribution >= 0.6 is 7.60 Å². The van der Waals surface area contributed by atoms with Gasteiger partial charge in [0, 0.05) is 0 Å². The molecule has 0 heterocycles. The molecule has 0 rings (SSSR count). The Morgan fingerprint density at radius 3 is 1.79 bits per heavy atom. The third-order valence-electron chi connectivity index (χ3n) is 1.11. The van der Waals surface area contributed by atoms with Crippen LogP contribution in [0.3, 0.4) is 0 Å². The van der Waals surface area contributed by atoms with Crippen LogP contribution in [0.2, 0.25) is 0 Å². The molecule has 0 unspecified atom stereocenters. The zero-order valence-corrected chi connectivity index (χ0v) is 9.38. The van der Waals surface area contributed by atoms with Crippen LogP contribution in [0.1, 0.15) is 13.8 Å². The molecule has 0 saturated heterocycles. The van der Waals surface area contributed by atoms with Crippen LogP contribution in [0.4, 0.5) is 0 Å². The summed E-state index contributed by atoms with van der Waals surface area (Å²) in [6.45, 7) is 10.6. The number of carbonyl (C=O) groups is 1. The minimum Gasteiger partial charge on any atom is -0.299 e. The van der Waals surface area contributed by atoms with Crippen LogP contribution in [-0.2, 0) is 18.4 Å². The van der Waals surface area contributed by atoms with Crippen LogP contribution < -0.4 is 0 Å². The van der Waals surface area contributed by atoms with E-state index in [1.54, 1.807) is 13.8 Å². The van der Waals surface area contributed by atoms with Crippen LogP contribution in [0.15, 0.2) is 24.3 Å². The molecule has 0 saturated carbocycles. The molecule has 0 N–H and O–H groups in total. The second kappa shape index (κ2) is 5.91. The van der Waals surface area contributed by atoms with Crippen molar-refractivity contribution in [3.63, 3.8) is 0 Å². The molecule has 0 radical (unpaired) electrons. The van der Waals surface area contributed by atoms with Crippen molar-refractivity contribution < 1.29 is 18.4 Å². The highest BCUT2D eigenvalue weighted by Crippen LogP contribution is 2.45. The summed E-state index contributed by atoms with van der Waals surface area (Å²) in [4.78, 5) is 10.5. The molecule has 0 fully saturated rings. The van der Waals surface area contributed by atoms with Crippen molar-refractivity contribution >= 4 is 13.6 Å². The average Bonchev–Trinajstić information content (AvgIpc) is 2.11. The maximum atomic E-state index is 11.5. The van der Waals surface area contributed by atoms with Gasteiger partial charge < -0.3 is 0 Å². The third kappa shape index (κ3) is 5.86. The van der Waals surface area contributed by atoms with Gasteiger partial charge in [-0.3, -0.25) is 18.4 Å². The van der Waals surface area contributed by atoms with E-state index < -0.39 is 7.60 Å². The monoisotopic (exact) mass is 218 g/mol. The maximum absolute atomic E-state index is 11.5. The molecule has 0 aromatic heterocycles. The van der Waals surface area contributed by atoms with E-state index in [0.717, 1.165) is 0 Å². The zero-order valence-electron chi connectivity index (χ0n) is 8.49. The molecule has 0 amide bonds. The summed E-state index contributed by atoms with van der Waals surface area (Å²) in [5.74, 6) is 0. The maximum Gasteiger partial charge on any atom is 0.394 e. The second-order valence-corrected chi connectivity index (χ2v) is 4.91. The van der Waals surface area contributed by atoms with Crippen molar-refractivity contribution in [1.29, 1.82) is 0 Å². The Bertz CT molecular complexity index is 261. The molecule has 0 aliphatic rings. The molecule has 0 aliphatic heterocycles. The third-order valence-corrected chi connectivity index (χ3v) is 2.35. The van der Waals surface area contributed by atoms with Gasteiger partial charge in [0.05, 0.1) is 13.2 Å². The molecule has 4 nitrogen and oxygen atoms in total. The van der Waals surface area contributed by atoms with E-state index in [1.165, 1.54) is 0 Å². The van der Waals surface area contributed by atoms with E-state index in [2.05, 4.69) is 13.2 Å². The highest BCUT2D eigenvalue weighted by atomic mass is 31.2. The lowest BCUT2D eigenvalue weighted by molar-refractivity contribution is 0.241. The molecule has 0 bridgehead atoms. The van der Waals surface area contributed by atoms with Crippen molar-refractivity contribution in [3.05, 3.63) is 24.3 Å².